The first-order valence-electron chi connectivity index (χ1n) is 46.9. The van der Waals surface area contributed by atoms with Crippen LogP contribution in [0.2, 0.25) is 0 Å². The monoisotopic (exact) mass is 1750 g/mol. The van der Waals surface area contributed by atoms with Gasteiger partial charge in [-0.15, -0.1) is 0 Å². The van der Waals surface area contributed by atoms with Gasteiger partial charge in [0.15, 0.2) is 0 Å². The molecule has 0 unspecified atom stereocenters. The van der Waals surface area contributed by atoms with E-state index in [9.17, 15) is 0 Å². The van der Waals surface area contributed by atoms with Crippen molar-refractivity contribution in [1.29, 1.82) is 0 Å². The average Bonchev–Trinajstić information content (AvgIpc) is 1.54. The molecule has 634 valence electrons. The van der Waals surface area contributed by atoms with Gasteiger partial charge in [-0.2, -0.15) is 0 Å². The van der Waals surface area contributed by atoms with Crippen molar-refractivity contribution < 1.29 is 13.3 Å². The van der Waals surface area contributed by atoms with Crippen molar-refractivity contribution in [2.45, 2.75) is 0 Å². The molecule has 0 saturated heterocycles. The summed E-state index contributed by atoms with van der Waals surface area (Å²) in [7, 11) is 0. The Kier molecular flexibility index (Phi) is 14.7. The predicted octanol–water partition coefficient (Wildman–Crippen LogP) is 33.6. The number of benzene rings is 21. The molecule has 0 amide bonds. The van der Waals surface area contributed by atoms with Gasteiger partial charge >= 0.3 is 0 Å². The molecule has 0 fully saturated rings. The number of para-hydroxylation sites is 3. The molecule has 1 aliphatic carbocycles. The third kappa shape index (κ3) is 9.93. The average molecular weight is 1750 g/mol. The van der Waals surface area contributed by atoms with Crippen molar-refractivity contribution in [2.24, 2.45) is 0 Å². The Labute approximate surface area is 781 Å². The van der Waals surface area contributed by atoms with Gasteiger partial charge in [0, 0.05) is 114 Å². The molecule has 34 rings (SSSR count). The molecule has 0 bridgehead atoms. The van der Waals surface area contributed by atoms with Crippen LogP contribution in [0.5, 0.6) is 0 Å². The molecular formula is C126H67N9O3. The lowest BCUT2D eigenvalue weighted by molar-refractivity contribution is 0.669. The molecule has 1 aliphatic rings. The summed E-state index contributed by atoms with van der Waals surface area (Å²) in [6, 6.07) is 144. The highest BCUT2D eigenvalue weighted by Gasteiger charge is 2.33. The van der Waals surface area contributed by atoms with E-state index in [0.717, 1.165) is 165 Å². The summed E-state index contributed by atoms with van der Waals surface area (Å²) >= 11 is 0. The third-order valence-corrected chi connectivity index (χ3v) is 29.7. The molecule has 0 N–H and O–H groups in total. The summed E-state index contributed by atoms with van der Waals surface area (Å²) in [5, 5.41) is 39.0. The largest absolute Gasteiger partial charge is 0.456 e. The van der Waals surface area contributed by atoms with Crippen molar-refractivity contribution in [3.05, 3.63) is 406 Å². The summed E-state index contributed by atoms with van der Waals surface area (Å²) in [6.07, 6.45) is 0. The lowest BCUT2D eigenvalue weighted by atomic mass is 9.93. The van der Waals surface area contributed by atoms with Crippen LogP contribution in [-0.2, 0) is 0 Å². The smallest absolute Gasteiger partial charge is 0.235 e. The molecule has 0 spiro atoms. The van der Waals surface area contributed by atoms with E-state index < -0.39 is 0 Å². The number of fused-ring (bicyclic) bond motifs is 15. The minimum absolute atomic E-state index is 0.653. The molecule has 0 radical (unpaired) electrons. The molecule has 24 aromatic carbocycles. The van der Waals surface area contributed by atoms with Crippen LogP contribution in [0, 0.1) is 0 Å². The van der Waals surface area contributed by atoms with Crippen LogP contribution in [-0.4, -0.2) is 43.6 Å². The zero-order valence-corrected chi connectivity index (χ0v) is 73.4. The molecule has 9 heterocycles. The standard InChI is InChI=1S/C42H21N3O.2C42H23N3O/c1-2-9-22(10-3-1)41-28-12-4-5-17-29(28)43-42(44-41)45-30-18-8-16-27-26-15-7-14-25-24-13-6-11-23-21-33-39(40(34(23)24)35(25)26)38-32(46-33)20-19-31(45)37(38)36(27)30;1-2-11-24(12-3-1)40-30-17-8-9-19-32(30)43-42(44-40)45-33-21-22-35-39-36-29(18-10-20-34(36)46-35)27-15-6-7-16-28(27)31-23-25-13-4-5-14-26(25)41(45)37(31)38(33)39;1-2-11-24(12-3-1)40-30-17-8-9-19-32(30)43-42(44-40)45-33-20-10-18-29-27-15-6-7-16-28(27)31-23-25-13-4-5-14-26(25)41-37(31)39-35(46-41)22-21-34(45)38(39)36(29)33/h1-21H;2*1-23H. The molecule has 0 aliphatic heterocycles. The highest BCUT2D eigenvalue weighted by atomic mass is 16.3. The lowest BCUT2D eigenvalue weighted by Crippen LogP contribution is -2.03. The molecule has 0 saturated carbocycles. The summed E-state index contributed by atoms with van der Waals surface area (Å²) in [5.41, 5.74) is 23.2. The highest BCUT2D eigenvalue weighted by molar-refractivity contribution is 6.47. The molecule has 33 aromatic rings. The number of hydrogen-bond donors (Lipinski definition) is 0. The fraction of sp³-hybridized carbons (Fsp3) is 0. The SMILES string of the molecule is c1ccc(-c2nc(-n3c4ccc5oc6cccc7c8ccccc8c8cc9ccccc9c3c8c4c5c67)nc3ccccc23)cc1.c1ccc(-c2nc(-n3c4cccc5c6cccc7c6c6c8c-7cccc8cc7oc8ccc3c(c8c76)c54)nc3ccccc23)cc1.c1ccc(-c2nc(-n3c4cccc5c6ccccc6c6cc7ccccc7c7oc8ccc3c(c8c67)c54)nc3ccccc23)cc1. The second-order valence-electron chi connectivity index (χ2n) is 36.7. The first kappa shape index (κ1) is 73.8. The summed E-state index contributed by atoms with van der Waals surface area (Å²) in [5.74, 6) is 1.97. The maximum atomic E-state index is 6.81. The van der Waals surface area contributed by atoms with Crippen molar-refractivity contribution in [1.82, 2.24) is 43.6 Å². The Hall–Kier alpha value is -18.8. The first-order valence-corrected chi connectivity index (χ1v) is 46.9. The minimum Gasteiger partial charge on any atom is -0.456 e. The quantitative estimate of drug-likeness (QED) is 0.160. The van der Waals surface area contributed by atoms with Gasteiger partial charge in [-0.1, -0.05) is 315 Å². The summed E-state index contributed by atoms with van der Waals surface area (Å²) < 4.78 is 26.9. The van der Waals surface area contributed by atoms with Crippen molar-refractivity contribution in [3.63, 3.8) is 0 Å². The minimum atomic E-state index is 0.653. The molecule has 12 heteroatoms. The second kappa shape index (κ2) is 27.5. The van der Waals surface area contributed by atoms with E-state index >= 15 is 0 Å². The molecule has 138 heavy (non-hydrogen) atoms. The number of nitrogens with zero attached hydrogens (tertiary/aromatic N) is 9. The van der Waals surface area contributed by atoms with Crippen LogP contribution in [0.15, 0.2) is 420 Å². The van der Waals surface area contributed by atoms with E-state index in [0.29, 0.717) is 17.8 Å². The van der Waals surface area contributed by atoms with Crippen LogP contribution in [0.3, 0.4) is 0 Å². The van der Waals surface area contributed by atoms with Crippen molar-refractivity contribution >= 4 is 261 Å². The van der Waals surface area contributed by atoms with Crippen molar-refractivity contribution in [2.75, 3.05) is 0 Å². The normalized spacial score (nSPS) is 12.5. The number of furan rings is 3. The number of rotatable bonds is 6. The summed E-state index contributed by atoms with van der Waals surface area (Å²) in [4.78, 5) is 31.8. The number of hydrogen-bond acceptors (Lipinski definition) is 9. The van der Waals surface area contributed by atoms with Gasteiger partial charge in [0.05, 0.1) is 66.7 Å². The Balaban J connectivity index is 0.0000000941. The zero-order chi connectivity index (χ0) is 89.5. The van der Waals surface area contributed by atoms with Gasteiger partial charge in [0.25, 0.3) is 0 Å². The highest BCUT2D eigenvalue weighted by Crippen LogP contribution is 2.57. The van der Waals surface area contributed by atoms with E-state index in [4.69, 9.17) is 43.2 Å². The van der Waals surface area contributed by atoms with Crippen LogP contribution in [0.1, 0.15) is 0 Å². The molecular weight excluding hydrogens is 1690 g/mol. The van der Waals surface area contributed by atoms with Crippen LogP contribution in [0.25, 0.3) is 324 Å². The maximum absolute atomic E-state index is 6.81. The van der Waals surface area contributed by atoms with Gasteiger partial charge in [-0.05, 0) is 183 Å². The van der Waals surface area contributed by atoms with E-state index in [2.05, 4.69) is 396 Å². The lowest BCUT2D eigenvalue weighted by Gasteiger charge is -2.13. The van der Waals surface area contributed by atoms with Crippen LogP contribution in [0.4, 0.5) is 0 Å². The molecule has 12 nitrogen and oxygen atoms in total. The van der Waals surface area contributed by atoms with E-state index in [-0.39, 0.29) is 0 Å². The topological polar surface area (TPSA) is 132 Å². The Bertz CT molecular complexity index is 11000. The first-order chi connectivity index (χ1) is 68.5. The van der Waals surface area contributed by atoms with Gasteiger partial charge in [0.2, 0.25) is 17.8 Å². The zero-order valence-electron chi connectivity index (χ0n) is 73.4. The van der Waals surface area contributed by atoms with Gasteiger partial charge < -0.3 is 13.3 Å². The van der Waals surface area contributed by atoms with Gasteiger partial charge in [-0.25, -0.2) is 29.9 Å². The number of aromatic nitrogens is 9. The van der Waals surface area contributed by atoms with Crippen LogP contribution >= 0.6 is 0 Å². The summed E-state index contributed by atoms with van der Waals surface area (Å²) in [6.45, 7) is 0. The van der Waals surface area contributed by atoms with E-state index in [1.54, 1.807) is 0 Å². The third-order valence-electron chi connectivity index (χ3n) is 29.7. The fourth-order valence-corrected chi connectivity index (χ4v) is 24.2. The van der Waals surface area contributed by atoms with Gasteiger partial charge in [0.1, 0.15) is 33.5 Å². The predicted molar refractivity (Wildman–Crippen MR) is 570 cm³/mol. The molecule has 9 aromatic heterocycles. The van der Waals surface area contributed by atoms with Gasteiger partial charge in [-0.3, -0.25) is 13.7 Å². The van der Waals surface area contributed by atoms with E-state index in [1.807, 2.05) is 24.3 Å². The Morgan fingerprint density at radius 1 is 0.167 bits per heavy atom. The van der Waals surface area contributed by atoms with E-state index in [1.165, 1.54) is 140 Å². The van der Waals surface area contributed by atoms with Crippen LogP contribution < -0.4 is 0 Å². The second-order valence-corrected chi connectivity index (χ2v) is 36.7. The Morgan fingerprint density at radius 2 is 0.507 bits per heavy atom. The fourth-order valence-electron chi connectivity index (χ4n) is 24.2. The van der Waals surface area contributed by atoms with Crippen molar-refractivity contribution in [3.8, 4) is 62.7 Å². The molecule has 0 atom stereocenters. The maximum Gasteiger partial charge on any atom is 0.235 e. The Morgan fingerprint density at radius 3 is 1.05 bits per heavy atom.